The van der Waals surface area contributed by atoms with E-state index >= 15 is 0 Å². The monoisotopic (exact) mass is 477 g/mol. The maximum atomic E-state index is 13.2. The third-order valence-corrected chi connectivity index (χ3v) is 5.99. The van der Waals surface area contributed by atoms with Crippen LogP contribution in [0.4, 0.5) is 5.69 Å². The van der Waals surface area contributed by atoms with Gasteiger partial charge < -0.3 is 19.5 Å². The maximum absolute atomic E-state index is 13.2. The van der Waals surface area contributed by atoms with Crippen LogP contribution < -0.4 is 10.1 Å². The standard InChI is InChI=1S/C25H27N5O5/c31-22-5-2-10-33-13-14-35-23-15-17(6-9-26-23)19-3-1-4-20(27-19)25(32)28-21-16-30(29-24(21)22)18-7-11-34-12-8-18/h1,3-4,6,9,15-16,18H,2,5,7-8,10-14H2,(H,28,32). The van der Waals surface area contributed by atoms with Gasteiger partial charge in [0.1, 0.15) is 12.3 Å². The Bertz CT molecular complexity index is 1200. The van der Waals surface area contributed by atoms with Gasteiger partial charge in [-0.2, -0.15) is 5.10 Å². The zero-order chi connectivity index (χ0) is 24.0. The summed E-state index contributed by atoms with van der Waals surface area (Å²) in [6, 6.07) is 8.92. The molecule has 5 rings (SSSR count). The molecule has 1 N–H and O–H groups in total. The molecular weight excluding hydrogens is 450 g/mol. The second kappa shape index (κ2) is 10.7. The van der Waals surface area contributed by atoms with Crippen LogP contribution in [0.25, 0.3) is 11.3 Å². The number of carbonyl (C=O) groups excluding carboxylic acids is 2. The number of ketones is 1. The Morgan fingerprint density at radius 3 is 2.69 bits per heavy atom. The van der Waals surface area contributed by atoms with E-state index in [1.807, 2.05) is 6.07 Å². The van der Waals surface area contributed by atoms with E-state index in [2.05, 4.69) is 20.4 Å². The smallest absolute Gasteiger partial charge is 0.274 e. The first kappa shape index (κ1) is 23.1. The van der Waals surface area contributed by atoms with Crippen molar-refractivity contribution < 1.29 is 23.8 Å². The minimum atomic E-state index is -0.414. The molecule has 35 heavy (non-hydrogen) atoms. The lowest BCUT2D eigenvalue weighted by atomic mass is 10.1. The second-order valence-electron chi connectivity index (χ2n) is 8.45. The van der Waals surface area contributed by atoms with Crippen molar-refractivity contribution in [2.24, 2.45) is 0 Å². The minimum Gasteiger partial charge on any atom is -0.475 e. The lowest BCUT2D eigenvalue weighted by molar-refractivity contribution is 0.0660. The summed E-state index contributed by atoms with van der Waals surface area (Å²) >= 11 is 0. The van der Waals surface area contributed by atoms with Crippen LogP contribution in [-0.4, -0.2) is 64.5 Å². The minimum absolute atomic E-state index is 0.119. The number of hydrogen-bond acceptors (Lipinski definition) is 8. The summed E-state index contributed by atoms with van der Waals surface area (Å²) in [7, 11) is 0. The van der Waals surface area contributed by atoms with Gasteiger partial charge in [0.15, 0.2) is 11.5 Å². The molecule has 10 heteroatoms. The summed E-state index contributed by atoms with van der Waals surface area (Å²) in [5.41, 5.74) is 2.25. The lowest BCUT2D eigenvalue weighted by Gasteiger charge is -2.22. The molecule has 0 atom stereocenters. The van der Waals surface area contributed by atoms with E-state index in [0.717, 1.165) is 18.4 Å². The number of aromatic nitrogens is 4. The van der Waals surface area contributed by atoms with E-state index < -0.39 is 5.91 Å². The molecule has 1 amide bonds. The lowest BCUT2D eigenvalue weighted by Crippen LogP contribution is -2.20. The average molecular weight is 478 g/mol. The molecule has 0 saturated carbocycles. The molecule has 0 aromatic carbocycles. The Kier molecular flexibility index (Phi) is 7.10. The fourth-order valence-electron chi connectivity index (χ4n) is 4.14. The predicted molar refractivity (Wildman–Crippen MR) is 127 cm³/mol. The van der Waals surface area contributed by atoms with E-state index in [4.69, 9.17) is 14.2 Å². The molecule has 1 saturated heterocycles. The zero-order valence-electron chi connectivity index (χ0n) is 19.3. The van der Waals surface area contributed by atoms with Gasteiger partial charge >= 0.3 is 0 Å². The summed E-state index contributed by atoms with van der Waals surface area (Å²) in [5.74, 6) is -0.111. The Hall–Kier alpha value is -3.63. The third-order valence-electron chi connectivity index (χ3n) is 5.99. The fourth-order valence-corrected chi connectivity index (χ4v) is 4.14. The van der Waals surface area contributed by atoms with Gasteiger partial charge in [-0.25, -0.2) is 9.97 Å². The van der Waals surface area contributed by atoms with Gasteiger partial charge in [-0.3, -0.25) is 14.3 Å². The Morgan fingerprint density at radius 1 is 0.971 bits per heavy atom. The summed E-state index contributed by atoms with van der Waals surface area (Å²) in [5, 5.41) is 7.44. The molecule has 0 unspecified atom stereocenters. The van der Waals surface area contributed by atoms with Gasteiger partial charge in [0, 0.05) is 50.3 Å². The van der Waals surface area contributed by atoms with Crippen LogP contribution in [0, 0.1) is 0 Å². The third kappa shape index (κ3) is 5.55. The molecule has 3 aromatic heterocycles. The number of carbonyl (C=O) groups is 2. The highest BCUT2D eigenvalue weighted by Gasteiger charge is 2.24. The zero-order valence-corrected chi connectivity index (χ0v) is 19.3. The van der Waals surface area contributed by atoms with E-state index in [9.17, 15) is 9.59 Å². The quantitative estimate of drug-likeness (QED) is 0.567. The number of hydrogen-bond donors (Lipinski definition) is 1. The van der Waals surface area contributed by atoms with Crippen molar-refractivity contribution in [1.29, 1.82) is 0 Å². The van der Waals surface area contributed by atoms with Crippen LogP contribution in [0.3, 0.4) is 0 Å². The van der Waals surface area contributed by atoms with Crippen LogP contribution in [0.1, 0.15) is 52.7 Å². The van der Waals surface area contributed by atoms with Gasteiger partial charge in [-0.1, -0.05) is 6.07 Å². The molecule has 2 aliphatic rings. The molecule has 3 aromatic rings. The summed E-state index contributed by atoms with van der Waals surface area (Å²) < 4.78 is 18.5. The molecule has 2 aliphatic heterocycles. The van der Waals surface area contributed by atoms with Crippen LogP contribution in [-0.2, 0) is 9.47 Å². The molecule has 0 spiro atoms. The van der Waals surface area contributed by atoms with Crippen molar-refractivity contribution in [3.8, 4) is 17.1 Å². The second-order valence-corrected chi connectivity index (χ2v) is 8.45. The SMILES string of the molecule is O=C1Nc2cn(C3CCOCC3)nc2C(=O)CCCOCCOc2cc(ccn2)-c2cccc1n2. The number of nitrogens with zero attached hydrogens (tertiary/aromatic N) is 4. The van der Waals surface area contributed by atoms with E-state index in [1.165, 1.54) is 0 Å². The van der Waals surface area contributed by atoms with Crippen LogP contribution in [0.2, 0.25) is 0 Å². The van der Waals surface area contributed by atoms with E-state index in [0.29, 0.717) is 56.7 Å². The fraction of sp³-hybridized carbons (Fsp3) is 0.400. The number of ether oxygens (including phenoxy) is 3. The average Bonchev–Trinajstić information content (AvgIpc) is 3.32. The molecular formula is C25H27N5O5. The highest BCUT2D eigenvalue weighted by atomic mass is 16.5. The van der Waals surface area contributed by atoms with Crippen molar-refractivity contribution in [2.45, 2.75) is 31.7 Å². The first-order valence-corrected chi connectivity index (χ1v) is 11.8. The molecule has 10 nitrogen and oxygen atoms in total. The number of rotatable bonds is 1. The van der Waals surface area contributed by atoms with Crippen molar-refractivity contribution in [3.63, 3.8) is 0 Å². The van der Waals surface area contributed by atoms with Crippen molar-refractivity contribution >= 4 is 17.4 Å². The van der Waals surface area contributed by atoms with Gasteiger partial charge in [0.05, 0.1) is 24.0 Å². The molecule has 4 bridgehead atoms. The summed E-state index contributed by atoms with van der Waals surface area (Å²) in [6.07, 6.45) is 5.78. The number of amides is 1. The Labute approximate surface area is 202 Å². The first-order valence-electron chi connectivity index (χ1n) is 11.8. The molecule has 1 fully saturated rings. The van der Waals surface area contributed by atoms with Crippen LogP contribution in [0.15, 0.2) is 42.7 Å². The van der Waals surface area contributed by atoms with E-state index in [1.54, 1.807) is 41.3 Å². The molecule has 0 aliphatic carbocycles. The molecule has 5 heterocycles. The van der Waals surface area contributed by atoms with Crippen LogP contribution in [0.5, 0.6) is 5.88 Å². The maximum Gasteiger partial charge on any atom is 0.274 e. The van der Waals surface area contributed by atoms with Crippen molar-refractivity contribution in [1.82, 2.24) is 19.7 Å². The van der Waals surface area contributed by atoms with Gasteiger partial charge in [-0.15, -0.1) is 0 Å². The number of pyridine rings is 2. The predicted octanol–water partition coefficient (Wildman–Crippen LogP) is 3.32. The molecule has 0 radical (unpaired) electrons. The topological polar surface area (TPSA) is 117 Å². The van der Waals surface area contributed by atoms with Crippen LogP contribution >= 0.6 is 0 Å². The van der Waals surface area contributed by atoms with E-state index in [-0.39, 0.29) is 29.6 Å². The summed E-state index contributed by atoms with van der Waals surface area (Å²) in [6.45, 7) is 2.42. The van der Waals surface area contributed by atoms with Gasteiger partial charge in [0.2, 0.25) is 5.88 Å². The number of anilines is 1. The highest BCUT2D eigenvalue weighted by molar-refractivity contribution is 6.08. The first-order chi connectivity index (χ1) is 17.2. The Balaban J connectivity index is 1.47. The van der Waals surface area contributed by atoms with Gasteiger partial charge in [-0.05, 0) is 37.5 Å². The van der Waals surface area contributed by atoms with Gasteiger partial charge in [0.25, 0.3) is 5.91 Å². The summed E-state index contributed by atoms with van der Waals surface area (Å²) in [4.78, 5) is 34.9. The number of fused-ring (bicyclic) bond motifs is 6. The largest absolute Gasteiger partial charge is 0.475 e. The van der Waals surface area contributed by atoms with Crippen molar-refractivity contribution in [3.05, 3.63) is 54.1 Å². The number of Topliss-reactive ketones (excluding diaryl/α,β-unsaturated/α-hetero) is 1. The van der Waals surface area contributed by atoms with Crippen molar-refractivity contribution in [2.75, 3.05) is 38.4 Å². The highest BCUT2D eigenvalue weighted by Crippen LogP contribution is 2.26. The Morgan fingerprint density at radius 2 is 1.80 bits per heavy atom. The molecule has 182 valence electrons. The number of nitrogens with one attached hydrogen (secondary N) is 1. The normalized spacial score (nSPS) is 18.1.